The molecule has 166 valence electrons. The van der Waals surface area contributed by atoms with Gasteiger partial charge in [-0.15, -0.1) is 11.3 Å². The molecule has 5 rings (SSSR count). The van der Waals surface area contributed by atoms with Crippen molar-refractivity contribution in [2.75, 3.05) is 5.32 Å². The molecule has 2 atom stereocenters. The summed E-state index contributed by atoms with van der Waals surface area (Å²) in [6, 6.07) is 13.5. The van der Waals surface area contributed by atoms with Gasteiger partial charge >= 0.3 is 0 Å². The quantitative estimate of drug-likeness (QED) is 0.557. The zero-order chi connectivity index (χ0) is 22.9. The first kappa shape index (κ1) is 21.3. The molecule has 3 aromatic rings. The summed E-state index contributed by atoms with van der Waals surface area (Å²) in [4.78, 5) is 32.3. The maximum absolute atomic E-state index is 13.7. The molecule has 0 unspecified atom stereocenters. The van der Waals surface area contributed by atoms with Crippen molar-refractivity contribution >= 4 is 28.7 Å². The first-order valence-electron chi connectivity index (χ1n) is 10.8. The smallest absolute Gasteiger partial charge is 0.254 e. The van der Waals surface area contributed by atoms with Gasteiger partial charge < -0.3 is 10.6 Å². The molecule has 2 N–H and O–H groups in total. The Kier molecular flexibility index (Phi) is 5.64. The van der Waals surface area contributed by atoms with Gasteiger partial charge in [0.1, 0.15) is 5.82 Å². The highest BCUT2D eigenvalue weighted by Gasteiger charge is 2.41. The van der Waals surface area contributed by atoms with Gasteiger partial charge in [0.25, 0.3) is 5.91 Å². The van der Waals surface area contributed by atoms with Gasteiger partial charge in [-0.05, 0) is 54.6 Å². The molecule has 1 amide bonds. The monoisotopic (exact) mass is 459 g/mol. The minimum Gasteiger partial charge on any atom is -0.362 e. The second-order valence-corrected chi connectivity index (χ2v) is 9.26. The van der Waals surface area contributed by atoms with E-state index in [1.54, 1.807) is 41.9 Å². The van der Waals surface area contributed by atoms with Crippen molar-refractivity contribution in [3.8, 4) is 0 Å². The van der Waals surface area contributed by atoms with Gasteiger partial charge in [0.2, 0.25) is 0 Å². The molecule has 0 saturated heterocycles. The fraction of sp³-hybridized carbons (Fsp3) is 0.192. The van der Waals surface area contributed by atoms with E-state index in [1.807, 2.05) is 24.4 Å². The number of nitrogens with one attached hydrogen (secondary N) is 2. The number of dihydropyridines is 1. The number of pyridine rings is 1. The summed E-state index contributed by atoms with van der Waals surface area (Å²) in [5, 5.41) is 8.18. The highest BCUT2D eigenvalue weighted by atomic mass is 32.1. The summed E-state index contributed by atoms with van der Waals surface area (Å²) >= 11 is 1.66. The van der Waals surface area contributed by atoms with Gasteiger partial charge in [-0.1, -0.05) is 18.2 Å². The number of carbonyl (C=O) groups excluding carboxylic acids is 2. The SMILES string of the molecule is CC1=C(C(=O)Nc2cccc(F)c2)[C@H](c2cccnc2)C2=C(C[C@@H](c3cccs3)CC2=O)N1. The molecule has 0 spiro atoms. The normalized spacial score (nSPS) is 20.4. The van der Waals surface area contributed by atoms with E-state index in [9.17, 15) is 14.0 Å². The molecular formula is C26H22FN3O2S. The van der Waals surface area contributed by atoms with Crippen molar-refractivity contribution in [3.63, 3.8) is 0 Å². The maximum atomic E-state index is 13.7. The third-order valence-corrected chi connectivity index (χ3v) is 7.15. The Bertz CT molecular complexity index is 1280. The first-order valence-corrected chi connectivity index (χ1v) is 11.6. The van der Waals surface area contributed by atoms with Crippen molar-refractivity contribution < 1.29 is 14.0 Å². The average molecular weight is 460 g/mol. The number of nitrogens with zero attached hydrogens (tertiary/aromatic N) is 1. The summed E-state index contributed by atoms with van der Waals surface area (Å²) in [5.74, 6) is -1.20. The lowest BCUT2D eigenvalue weighted by molar-refractivity contribution is -0.116. The average Bonchev–Trinajstić information content (AvgIpc) is 3.33. The van der Waals surface area contributed by atoms with Gasteiger partial charge in [0.15, 0.2) is 5.78 Å². The molecule has 0 radical (unpaired) electrons. The van der Waals surface area contributed by atoms with Crippen molar-refractivity contribution in [1.29, 1.82) is 0 Å². The number of thiophene rings is 1. The number of halogens is 1. The number of hydrogen-bond acceptors (Lipinski definition) is 5. The lowest BCUT2D eigenvalue weighted by Crippen LogP contribution is -2.37. The van der Waals surface area contributed by atoms with Crippen LogP contribution >= 0.6 is 11.3 Å². The summed E-state index contributed by atoms with van der Waals surface area (Å²) in [5.41, 5.74) is 3.73. The topological polar surface area (TPSA) is 71.1 Å². The van der Waals surface area contributed by atoms with Crippen molar-refractivity contribution in [2.24, 2.45) is 0 Å². The molecule has 2 aromatic heterocycles. The minimum absolute atomic E-state index is 0.0274. The predicted molar refractivity (Wildman–Crippen MR) is 126 cm³/mol. The molecule has 1 aliphatic heterocycles. The summed E-state index contributed by atoms with van der Waals surface area (Å²) < 4.78 is 13.7. The summed E-state index contributed by atoms with van der Waals surface area (Å²) in [7, 11) is 0. The van der Waals surface area contributed by atoms with Crippen molar-refractivity contribution in [2.45, 2.75) is 31.6 Å². The second kappa shape index (κ2) is 8.75. The molecule has 1 aromatic carbocycles. The molecular weight excluding hydrogens is 437 g/mol. The number of anilines is 1. The van der Waals surface area contributed by atoms with Crippen LogP contribution in [0, 0.1) is 5.82 Å². The zero-order valence-corrected chi connectivity index (χ0v) is 18.8. The van der Waals surface area contributed by atoms with Gasteiger partial charge in [-0.3, -0.25) is 14.6 Å². The van der Waals surface area contributed by atoms with E-state index in [1.165, 1.54) is 17.0 Å². The van der Waals surface area contributed by atoms with Crippen molar-refractivity contribution in [1.82, 2.24) is 10.3 Å². The molecule has 1 aliphatic carbocycles. The molecule has 7 heteroatoms. The highest BCUT2D eigenvalue weighted by molar-refractivity contribution is 7.10. The number of hydrogen-bond donors (Lipinski definition) is 2. The number of allylic oxidation sites excluding steroid dienone is 3. The van der Waals surface area contributed by atoms with E-state index in [0.29, 0.717) is 35.4 Å². The Hall–Kier alpha value is -3.58. The highest BCUT2D eigenvalue weighted by Crippen LogP contribution is 2.46. The van der Waals surface area contributed by atoms with E-state index in [-0.39, 0.29) is 17.6 Å². The van der Waals surface area contributed by atoms with Crippen LogP contribution in [0.4, 0.5) is 10.1 Å². The van der Waals surface area contributed by atoms with Crippen LogP contribution in [0.1, 0.15) is 42.0 Å². The predicted octanol–water partition coefficient (Wildman–Crippen LogP) is 5.28. The van der Waals surface area contributed by atoms with Crippen LogP contribution in [0.3, 0.4) is 0 Å². The maximum Gasteiger partial charge on any atom is 0.254 e. The van der Waals surface area contributed by atoms with E-state index in [2.05, 4.69) is 21.7 Å². The number of ketones is 1. The number of Topliss-reactive ketones (excluding diaryl/α,β-unsaturated/α-hetero) is 1. The lowest BCUT2D eigenvalue weighted by atomic mass is 9.73. The standard InChI is InChI=1S/C26H22FN3O2S/c1-15-23(26(32)30-19-7-2-6-18(27)13-19)24(16-5-3-9-28-14-16)25-20(29-15)11-17(12-21(25)31)22-8-4-10-33-22/h2-10,13-14,17,24,29H,11-12H2,1H3,(H,30,32)/t17-,24+/m1/s1. The third kappa shape index (κ3) is 4.12. The van der Waals surface area contributed by atoms with E-state index >= 15 is 0 Å². The summed E-state index contributed by atoms with van der Waals surface area (Å²) in [6.45, 7) is 1.84. The molecule has 0 fully saturated rings. The Morgan fingerprint density at radius 1 is 1.18 bits per heavy atom. The van der Waals surface area contributed by atoms with E-state index < -0.39 is 11.7 Å². The second-order valence-electron chi connectivity index (χ2n) is 8.28. The number of rotatable bonds is 4. The van der Waals surface area contributed by atoms with Gasteiger partial charge in [-0.2, -0.15) is 0 Å². The molecule has 0 saturated carbocycles. The molecule has 2 aliphatic rings. The first-order chi connectivity index (χ1) is 16.0. The molecule has 33 heavy (non-hydrogen) atoms. The molecule has 0 bridgehead atoms. The Morgan fingerprint density at radius 3 is 2.79 bits per heavy atom. The molecule has 5 nitrogen and oxygen atoms in total. The minimum atomic E-state index is -0.541. The molecule has 3 heterocycles. The van der Waals surface area contributed by atoms with Crippen LogP contribution in [0.25, 0.3) is 0 Å². The van der Waals surface area contributed by atoms with Crippen LogP contribution in [0.15, 0.2) is 88.8 Å². The summed E-state index contributed by atoms with van der Waals surface area (Å²) in [6.07, 6.45) is 4.46. The van der Waals surface area contributed by atoms with Gasteiger partial charge in [-0.25, -0.2) is 4.39 Å². The van der Waals surface area contributed by atoms with E-state index in [0.717, 1.165) is 11.3 Å². The Labute approximate surface area is 195 Å². The van der Waals surface area contributed by atoms with Crippen LogP contribution in [-0.4, -0.2) is 16.7 Å². The number of benzene rings is 1. The lowest BCUT2D eigenvalue weighted by Gasteiger charge is -2.36. The van der Waals surface area contributed by atoms with Gasteiger partial charge in [0.05, 0.1) is 0 Å². The van der Waals surface area contributed by atoms with Gasteiger partial charge in [0, 0.05) is 63.8 Å². The number of carbonyl (C=O) groups is 2. The third-order valence-electron chi connectivity index (χ3n) is 6.12. The fourth-order valence-electron chi connectivity index (χ4n) is 4.71. The Balaban J connectivity index is 1.55. The largest absolute Gasteiger partial charge is 0.362 e. The number of amides is 1. The number of aromatic nitrogens is 1. The zero-order valence-electron chi connectivity index (χ0n) is 18.0. The van der Waals surface area contributed by atoms with Crippen LogP contribution in [-0.2, 0) is 9.59 Å². The van der Waals surface area contributed by atoms with Crippen LogP contribution in [0.5, 0.6) is 0 Å². The van der Waals surface area contributed by atoms with Crippen LogP contribution in [0.2, 0.25) is 0 Å². The van der Waals surface area contributed by atoms with E-state index in [4.69, 9.17) is 0 Å². The Morgan fingerprint density at radius 2 is 2.06 bits per heavy atom. The van der Waals surface area contributed by atoms with Crippen LogP contribution < -0.4 is 10.6 Å². The fourth-order valence-corrected chi connectivity index (χ4v) is 5.54. The van der Waals surface area contributed by atoms with Crippen molar-refractivity contribution in [3.05, 3.63) is 105 Å².